The smallest absolute Gasteiger partial charge is 0.341 e. The van der Waals surface area contributed by atoms with E-state index in [9.17, 15) is 18.4 Å². The molecule has 0 spiro atoms. The highest BCUT2D eigenvalue weighted by Crippen LogP contribution is 2.36. The molecule has 0 aromatic heterocycles. The molecule has 1 atom stereocenters. The summed E-state index contributed by atoms with van der Waals surface area (Å²) in [6, 6.07) is 6.45. The van der Waals surface area contributed by atoms with Crippen LogP contribution >= 0.6 is 0 Å². The molecule has 0 bridgehead atoms. The van der Waals surface area contributed by atoms with Crippen LogP contribution in [-0.4, -0.2) is 29.5 Å². The first-order chi connectivity index (χ1) is 11.3. The molecule has 1 aliphatic carbocycles. The summed E-state index contributed by atoms with van der Waals surface area (Å²) >= 11 is 0. The van der Waals surface area contributed by atoms with E-state index in [0.29, 0.717) is 5.75 Å². The zero-order valence-electron chi connectivity index (χ0n) is 13.4. The number of hydrogen-bond acceptors (Lipinski definition) is 3. The van der Waals surface area contributed by atoms with E-state index in [1.165, 1.54) is 0 Å². The number of amides is 1. The molecular weight excluding hydrogens is 320 g/mol. The number of benzene rings is 1. The van der Waals surface area contributed by atoms with E-state index in [-0.39, 0.29) is 43.6 Å². The Kier molecular flexibility index (Phi) is 5.75. The minimum atomic E-state index is -2.64. The molecule has 1 aromatic carbocycles. The van der Waals surface area contributed by atoms with Crippen LogP contribution in [0, 0.1) is 5.92 Å². The van der Waals surface area contributed by atoms with Crippen molar-refractivity contribution in [1.82, 2.24) is 5.32 Å². The molecule has 1 aliphatic rings. The van der Waals surface area contributed by atoms with Gasteiger partial charge in [0.15, 0.2) is 6.61 Å². The lowest BCUT2D eigenvalue weighted by molar-refractivity contribution is -0.139. The molecule has 5 nitrogen and oxygen atoms in total. The number of hydrogen-bond donors (Lipinski definition) is 2. The maximum atomic E-state index is 13.1. The Balaban J connectivity index is 1.86. The fraction of sp³-hybridized carbons (Fsp3) is 0.529. The average Bonchev–Trinajstić information content (AvgIpc) is 2.53. The largest absolute Gasteiger partial charge is 0.482 e. The maximum absolute atomic E-state index is 13.1. The van der Waals surface area contributed by atoms with Crippen LogP contribution in [0.15, 0.2) is 24.3 Å². The molecule has 2 N–H and O–H groups in total. The van der Waals surface area contributed by atoms with Gasteiger partial charge in [-0.25, -0.2) is 13.6 Å². The lowest BCUT2D eigenvalue weighted by atomic mass is 9.86. The van der Waals surface area contributed by atoms with Crippen LogP contribution in [0.25, 0.3) is 0 Å². The van der Waals surface area contributed by atoms with Gasteiger partial charge < -0.3 is 15.2 Å². The first-order valence-corrected chi connectivity index (χ1v) is 7.89. The van der Waals surface area contributed by atoms with Crippen LogP contribution < -0.4 is 10.1 Å². The normalized spacial score (nSPS) is 18.6. The van der Waals surface area contributed by atoms with E-state index in [1.54, 1.807) is 24.3 Å². The van der Waals surface area contributed by atoms with Crippen molar-refractivity contribution in [3.05, 3.63) is 29.8 Å². The Morgan fingerprint density at radius 3 is 2.42 bits per heavy atom. The number of carboxylic acid groups (broad SMARTS) is 1. The number of rotatable bonds is 6. The Morgan fingerprint density at radius 1 is 1.29 bits per heavy atom. The number of carbonyl (C=O) groups excluding carboxylic acids is 1. The van der Waals surface area contributed by atoms with Crippen LogP contribution in [0.3, 0.4) is 0 Å². The summed E-state index contributed by atoms with van der Waals surface area (Å²) in [4.78, 5) is 22.6. The molecule has 1 saturated carbocycles. The molecule has 7 heteroatoms. The van der Waals surface area contributed by atoms with Gasteiger partial charge in [0.1, 0.15) is 5.75 Å². The standard InChI is InChI=1S/C17H21F2NO4/c1-11(12-2-4-14(5-3-12)24-10-15(21)22)20-16(23)13-6-8-17(18,19)9-7-13/h2-5,11,13H,6-10H2,1H3,(H,20,23)(H,21,22). The summed E-state index contributed by atoms with van der Waals surface area (Å²) < 4.78 is 31.3. The van der Waals surface area contributed by atoms with Crippen molar-refractivity contribution in [1.29, 1.82) is 0 Å². The number of halogens is 2. The zero-order chi connectivity index (χ0) is 17.7. The number of carbonyl (C=O) groups is 2. The Labute approximate surface area is 139 Å². The van der Waals surface area contributed by atoms with Crippen LogP contribution in [-0.2, 0) is 9.59 Å². The monoisotopic (exact) mass is 341 g/mol. The SMILES string of the molecule is CC(NC(=O)C1CCC(F)(F)CC1)c1ccc(OCC(=O)O)cc1. The van der Waals surface area contributed by atoms with E-state index < -0.39 is 18.5 Å². The molecule has 1 unspecified atom stereocenters. The van der Waals surface area contributed by atoms with E-state index in [0.717, 1.165) is 5.56 Å². The fourth-order valence-electron chi connectivity index (χ4n) is 2.71. The van der Waals surface area contributed by atoms with Gasteiger partial charge in [-0.3, -0.25) is 4.79 Å². The highest BCUT2D eigenvalue weighted by atomic mass is 19.3. The van der Waals surface area contributed by atoms with E-state index in [4.69, 9.17) is 9.84 Å². The van der Waals surface area contributed by atoms with Gasteiger partial charge in [0.05, 0.1) is 6.04 Å². The number of carboxylic acids is 1. The Morgan fingerprint density at radius 2 is 1.88 bits per heavy atom. The van der Waals surface area contributed by atoms with E-state index >= 15 is 0 Å². The van der Waals surface area contributed by atoms with Crippen molar-refractivity contribution in [2.45, 2.75) is 44.6 Å². The summed E-state index contributed by atoms with van der Waals surface area (Å²) in [7, 11) is 0. The highest BCUT2D eigenvalue weighted by molar-refractivity contribution is 5.79. The Bertz CT molecular complexity index is 579. The van der Waals surface area contributed by atoms with E-state index in [1.807, 2.05) is 6.92 Å². The third-order valence-corrected chi connectivity index (χ3v) is 4.19. The molecular formula is C17H21F2NO4. The summed E-state index contributed by atoms with van der Waals surface area (Å²) in [5, 5.41) is 11.4. The average molecular weight is 341 g/mol. The van der Waals surface area contributed by atoms with Crippen molar-refractivity contribution in [3.63, 3.8) is 0 Å². The third kappa shape index (κ3) is 5.18. The second-order valence-electron chi connectivity index (χ2n) is 6.11. The number of aliphatic carboxylic acids is 1. The predicted molar refractivity (Wildman–Crippen MR) is 83.0 cm³/mol. The molecule has 1 fully saturated rings. The molecule has 24 heavy (non-hydrogen) atoms. The molecule has 0 aliphatic heterocycles. The highest BCUT2D eigenvalue weighted by Gasteiger charge is 2.37. The second kappa shape index (κ2) is 7.59. The van der Waals surface area contributed by atoms with Crippen LogP contribution in [0.2, 0.25) is 0 Å². The molecule has 132 valence electrons. The van der Waals surface area contributed by atoms with Gasteiger partial charge in [-0.2, -0.15) is 0 Å². The molecule has 0 saturated heterocycles. The summed E-state index contributed by atoms with van der Waals surface area (Å²) in [6.07, 6.45) is -0.0782. The fourth-order valence-corrected chi connectivity index (χ4v) is 2.71. The first-order valence-electron chi connectivity index (χ1n) is 7.89. The quantitative estimate of drug-likeness (QED) is 0.833. The topological polar surface area (TPSA) is 75.6 Å². The summed E-state index contributed by atoms with van der Waals surface area (Å²) in [5.74, 6) is -3.85. The minimum absolute atomic E-state index is 0.202. The van der Waals surface area contributed by atoms with Gasteiger partial charge in [-0.05, 0) is 37.5 Å². The van der Waals surface area contributed by atoms with Gasteiger partial charge >= 0.3 is 5.97 Å². The molecule has 0 heterocycles. The van der Waals surface area contributed by atoms with Crippen LogP contribution in [0.5, 0.6) is 5.75 Å². The molecule has 1 amide bonds. The van der Waals surface area contributed by atoms with Crippen molar-refractivity contribution in [2.75, 3.05) is 6.61 Å². The van der Waals surface area contributed by atoms with Gasteiger partial charge in [0.2, 0.25) is 11.8 Å². The molecule has 2 rings (SSSR count). The third-order valence-electron chi connectivity index (χ3n) is 4.19. The number of nitrogens with one attached hydrogen (secondary N) is 1. The van der Waals surface area contributed by atoms with Crippen molar-refractivity contribution in [2.24, 2.45) is 5.92 Å². The lowest BCUT2D eigenvalue weighted by Gasteiger charge is -2.28. The van der Waals surface area contributed by atoms with Crippen molar-refractivity contribution >= 4 is 11.9 Å². The van der Waals surface area contributed by atoms with Gasteiger partial charge in [-0.15, -0.1) is 0 Å². The summed E-state index contributed by atoms with van der Waals surface area (Å²) in [5.41, 5.74) is 0.826. The first kappa shape index (κ1) is 18.2. The second-order valence-corrected chi connectivity index (χ2v) is 6.11. The van der Waals surface area contributed by atoms with Crippen molar-refractivity contribution in [3.8, 4) is 5.75 Å². The molecule has 0 radical (unpaired) electrons. The van der Waals surface area contributed by atoms with Gasteiger partial charge in [0.25, 0.3) is 0 Å². The van der Waals surface area contributed by atoms with Crippen LogP contribution in [0.1, 0.15) is 44.2 Å². The zero-order valence-corrected chi connectivity index (χ0v) is 13.4. The van der Waals surface area contributed by atoms with Crippen LogP contribution in [0.4, 0.5) is 8.78 Å². The summed E-state index contributed by atoms with van der Waals surface area (Å²) in [6.45, 7) is 1.39. The Hall–Kier alpha value is -2.18. The minimum Gasteiger partial charge on any atom is -0.482 e. The molecule has 1 aromatic rings. The van der Waals surface area contributed by atoms with Gasteiger partial charge in [0, 0.05) is 18.8 Å². The number of alkyl halides is 2. The lowest BCUT2D eigenvalue weighted by Crippen LogP contribution is -2.37. The number of ether oxygens (including phenoxy) is 1. The van der Waals surface area contributed by atoms with Crippen molar-refractivity contribution < 1.29 is 28.2 Å². The maximum Gasteiger partial charge on any atom is 0.341 e. The van der Waals surface area contributed by atoms with E-state index in [2.05, 4.69) is 5.32 Å². The predicted octanol–water partition coefficient (Wildman–Crippen LogP) is 3.15. The van der Waals surface area contributed by atoms with Gasteiger partial charge in [-0.1, -0.05) is 12.1 Å².